The van der Waals surface area contributed by atoms with Gasteiger partial charge in [0.15, 0.2) is 23.1 Å². The number of benzene rings is 8. The first-order valence-electron chi connectivity index (χ1n) is 45.0. The summed E-state index contributed by atoms with van der Waals surface area (Å²) in [6.07, 6.45) is 5.33. The van der Waals surface area contributed by atoms with Crippen LogP contribution in [0.3, 0.4) is 0 Å². The molecule has 17 heteroatoms. The number of aromatic nitrogens is 4. The van der Waals surface area contributed by atoms with E-state index in [1.165, 1.54) is 107 Å². The second-order valence-electron chi connectivity index (χ2n) is 42.8. The molecule has 8 aromatic carbocycles. The number of aliphatic hydroxyl groups excluding tert-OH is 4. The average molecular weight is 2540 g/mol. The summed E-state index contributed by atoms with van der Waals surface area (Å²) in [6, 6.07) is 67.9. The zero-order chi connectivity index (χ0) is 99.5. The fraction of sp³-hybridized carbons (Fsp3) is 0.390. The number of allylic oxidation sites excluding steroid dienone is 8. The number of carbonyl (C=O) groups is 4. The van der Waals surface area contributed by atoms with Gasteiger partial charge in [-0.1, -0.05) is 261 Å². The maximum Gasteiger partial charge on any atom is 0.164 e. The monoisotopic (exact) mass is 2540 g/mol. The Morgan fingerprint density at radius 1 is 0.281 bits per heavy atom. The summed E-state index contributed by atoms with van der Waals surface area (Å²) in [5.74, 6) is 1.24. The normalized spacial score (nSPS) is 12.0. The summed E-state index contributed by atoms with van der Waals surface area (Å²) in [5, 5.41) is 43.1. The molecule has 4 N–H and O–H groups in total. The largest absolute Gasteiger partial charge is 0.516 e. The number of ketones is 4. The molecule has 0 fully saturated rings. The second kappa shape index (κ2) is 51.9. The summed E-state index contributed by atoms with van der Waals surface area (Å²) in [6.45, 7) is 71.9. The first kappa shape index (κ1) is 124. The van der Waals surface area contributed by atoms with Crippen molar-refractivity contribution < 1.29 is 125 Å². The Balaban J connectivity index is 0.000000775. The van der Waals surface area contributed by atoms with E-state index in [2.05, 4.69) is 242 Å². The van der Waals surface area contributed by atoms with Crippen molar-refractivity contribution in [3.63, 3.8) is 0 Å². The predicted molar refractivity (Wildman–Crippen MR) is 551 cm³/mol. The van der Waals surface area contributed by atoms with Gasteiger partial charge in [0.05, 0.1) is 29.2 Å². The van der Waals surface area contributed by atoms with Gasteiger partial charge in [0.2, 0.25) is 0 Å². The van der Waals surface area contributed by atoms with Crippen molar-refractivity contribution in [2.24, 2.45) is 43.3 Å². The van der Waals surface area contributed by atoms with E-state index in [4.69, 9.17) is 24.7 Å². The van der Waals surface area contributed by atoms with Crippen LogP contribution in [0.5, 0.6) is 5.75 Å². The van der Waals surface area contributed by atoms with E-state index >= 15 is 0 Å². The molecular formula is C118H148Ir4N4O9-4. The van der Waals surface area contributed by atoms with Gasteiger partial charge in [-0.25, -0.2) is 0 Å². The molecule has 0 bridgehead atoms. The van der Waals surface area contributed by atoms with Gasteiger partial charge < -0.3 is 25.2 Å². The number of ether oxygens (including phenoxy) is 1. The molecule has 0 amide bonds. The van der Waals surface area contributed by atoms with Gasteiger partial charge in [-0.3, -0.25) is 39.1 Å². The molecule has 0 spiro atoms. The van der Waals surface area contributed by atoms with Crippen LogP contribution >= 0.6 is 0 Å². The van der Waals surface area contributed by atoms with E-state index in [1.54, 1.807) is 7.11 Å². The number of aliphatic hydroxyl groups is 4. The molecule has 135 heavy (non-hydrogen) atoms. The van der Waals surface area contributed by atoms with E-state index in [1.807, 2.05) is 197 Å². The maximum absolute atomic E-state index is 11.5. The predicted octanol–water partition coefficient (Wildman–Crippen LogP) is 31.2. The van der Waals surface area contributed by atoms with Crippen molar-refractivity contribution in [2.75, 3.05) is 7.11 Å². The number of fused-ring (bicyclic) bond motifs is 4. The van der Waals surface area contributed by atoms with E-state index in [0.29, 0.717) is 0 Å². The van der Waals surface area contributed by atoms with Crippen molar-refractivity contribution in [3.8, 4) is 50.8 Å². The molecule has 734 valence electrons. The fourth-order valence-corrected chi connectivity index (χ4v) is 12.2. The van der Waals surface area contributed by atoms with Gasteiger partial charge in [-0.15, -0.1) is 135 Å². The van der Waals surface area contributed by atoms with Gasteiger partial charge in [0.25, 0.3) is 0 Å². The van der Waals surface area contributed by atoms with E-state index < -0.39 is 21.7 Å². The molecule has 0 aliphatic carbocycles. The molecular weight excluding hydrogens is 2390 g/mol. The van der Waals surface area contributed by atoms with Crippen LogP contribution in [0.2, 0.25) is 0 Å². The van der Waals surface area contributed by atoms with Crippen LogP contribution in [0.25, 0.3) is 88.6 Å². The fourth-order valence-electron chi connectivity index (χ4n) is 12.2. The third-order valence-electron chi connectivity index (χ3n) is 21.5. The zero-order valence-electron chi connectivity index (χ0n) is 87.3. The Morgan fingerprint density at radius 2 is 0.593 bits per heavy atom. The Labute approximate surface area is 863 Å². The van der Waals surface area contributed by atoms with E-state index in [0.717, 1.165) is 84.0 Å². The van der Waals surface area contributed by atoms with Gasteiger partial charge in [-0.05, 0) is 170 Å². The first-order chi connectivity index (χ1) is 60.1. The Bertz CT molecular complexity index is 5980. The van der Waals surface area contributed by atoms with Crippen LogP contribution in [0.1, 0.15) is 238 Å². The number of rotatable bonds is 9. The molecule has 13 nitrogen and oxygen atoms in total. The quantitative estimate of drug-likeness (QED) is 0.0603. The number of pyridine rings is 4. The van der Waals surface area contributed by atoms with Crippen molar-refractivity contribution in [1.29, 1.82) is 0 Å². The van der Waals surface area contributed by atoms with Crippen molar-refractivity contribution in [1.82, 2.24) is 19.9 Å². The molecule has 0 saturated heterocycles. The van der Waals surface area contributed by atoms with Crippen molar-refractivity contribution >= 4 is 66.7 Å². The first-order valence-corrected chi connectivity index (χ1v) is 45.0. The molecule has 4 heterocycles. The standard InChI is InChI=1S/2C19H18N.C18H16NO.C18H16N.4C11H20O2.4Ir/c1-12-7-13(2)9-17(8-12)18-6-5-16-10-14(3)15(4)11-19(16)20-18;1-12-5-6-14(3)17(10-12)18-8-7-16-15(4)9-13(2)11-19(16)20-18;1-12-9-13(2)16-7-8-17(19-18(16)10-12)14-5-4-6-15(11-14)20-3;1-12-5-4-6-15(9-12)17-8-7-16-10-13(2)14(3)11-18(16)19-17;4*1-10(2,3)8(12)7-9(13)11(4,5)6;;;;/h5-8,10-11H,1-4H3;5-9,11H,1-4H3;4,6-11H,1-3H3;4-5,7-11H,1-3H3;4*7,12H,1-6H3;;;;/q4*-1;;;;;;;;. The minimum Gasteiger partial charge on any atom is -0.516 e. The van der Waals surface area contributed by atoms with E-state index in [-0.39, 0.29) is 148 Å². The van der Waals surface area contributed by atoms with Crippen LogP contribution < -0.4 is 4.74 Å². The third-order valence-corrected chi connectivity index (χ3v) is 21.5. The molecule has 0 atom stereocenters. The number of hydrogen-bond donors (Lipinski definition) is 4. The van der Waals surface area contributed by atoms with E-state index in [9.17, 15) is 39.6 Å². The van der Waals surface area contributed by atoms with Crippen LogP contribution in [-0.4, -0.2) is 70.6 Å². The second-order valence-corrected chi connectivity index (χ2v) is 42.8. The molecule has 0 aliphatic heterocycles. The van der Waals surface area contributed by atoms with Gasteiger partial charge in [-0.2, -0.15) is 0 Å². The number of hydrogen-bond acceptors (Lipinski definition) is 13. The summed E-state index contributed by atoms with van der Waals surface area (Å²) >= 11 is 0. The van der Waals surface area contributed by atoms with Gasteiger partial charge in [0, 0.05) is 165 Å². The van der Waals surface area contributed by atoms with Crippen molar-refractivity contribution in [2.45, 2.75) is 256 Å². The minimum atomic E-state index is -0.417. The minimum absolute atomic E-state index is 0. The zero-order valence-corrected chi connectivity index (χ0v) is 96.9. The number of methoxy groups -OCH3 is 1. The van der Waals surface area contributed by atoms with Gasteiger partial charge in [0.1, 0.15) is 23.0 Å². The summed E-state index contributed by atoms with van der Waals surface area (Å²) in [4.78, 5) is 65.1. The molecule has 4 aromatic heterocycles. The van der Waals surface area contributed by atoms with Crippen molar-refractivity contribution in [3.05, 3.63) is 302 Å². The number of aryl methyl sites for hydroxylation is 13. The molecule has 4 radical (unpaired) electrons. The molecule has 0 aliphatic rings. The maximum atomic E-state index is 11.5. The third kappa shape index (κ3) is 39.6. The Hall–Kier alpha value is -9.36. The van der Waals surface area contributed by atoms with Crippen LogP contribution in [0, 0.1) is 158 Å². The summed E-state index contributed by atoms with van der Waals surface area (Å²) < 4.78 is 5.25. The summed E-state index contributed by atoms with van der Waals surface area (Å²) in [7, 11) is 1.67. The molecule has 12 aromatic rings. The average Bonchev–Trinajstić information content (AvgIpc) is 0.804. The Kier molecular flexibility index (Phi) is 47.5. The molecule has 0 unspecified atom stereocenters. The number of carbonyl (C=O) groups excluding carboxylic acids is 4. The summed E-state index contributed by atoms with van der Waals surface area (Å²) in [5.41, 5.74) is 25.4. The molecule has 12 rings (SSSR count). The Morgan fingerprint density at radius 3 is 0.941 bits per heavy atom. The van der Waals surface area contributed by atoms with Gasteiger partial charge >= 0.3 is 0 Å². The SMILES string of the molecule is CC(C)(C)C(=O)C=C(O)C(C)(C)C.CC(C)(C)C(=O)C=C(O)C(C)(C)C.CC(C)(C)C(=O)C=C(O)C(C)(C)C.CC(C)(C)C(=O)C=C(O)C(C)(C)C.COc1cc[c-]c(-c2ccc3c(C)cc(C)cc3n2)c1.Cc1[c-]c(-c2ccc3c(C)cc(C)cc3n2)c(C)cc1.Cc1[c-]c(-c2ccc3cc(C)c(C)cc3n2)cc(C)c1.Cc1cc[c-]c(-c2ccc3cc(C)c(C)cc3n2)c1.[Ir].[Ir].[Ir].[Ir]. The van der Waals surface area contributed by atoms with Crippen LogP contribution in [0.4, 0.5) is 0 Å². The van der Waals surface area contributed by atoms with Crippen LogP contribution in [0.15, 0.2) is 205 Å². The molecule has 0 saturated carbocycles. The smallest absolute Gasteiger partial charge is 0.164 e. The number of nitrogens with zero attached hydrogens (tertiary/aromatic N) is 4. The topological polar surface area (TPSA) is 210 Å². The van der Waals surface area contributed by atoms with Crippen LogP contribution in [-0.2, 0) is 99.6 Å².